The van der Waals surface area contributed by atoms with Crippen LogP contribution >= 0.6 is 23.4 Å². The van der Waals surface area contributed by atoms with Crippen LogP contribution in [-0.2, 0) is 9.47 Å². The minimum Gasteiger partial charge on any atom is -0.490 e. The molecule has 2 aromatic rings. The Bertz CT molecular complexity index is 1080. The van der Waals surface area contributed by atoms with Crippen LogP contribution in [0.2, 0.25) is 5.02 Å². The number of pyridine rings is 1. The largest absolute Gasteiger partial charge is 0.490 e. The number of ether oxygens (including phenoxy) is 3. The molecule has 1 saturated carbocycles. The predicted octanol–water partition coefficient (Wildman–Crippen LogP) is 5.26. The van der Waals surface area contributed by atoms with Crippen LogP contribution in [0.4, 0.5) is 0 Å². The number of methoxy groups -OCH3 is 1. The zero-order valence-corrected chi connectivity index (χ0v) is 19.6. The maximum absolute atomic E-state index is 13.4. The summed E-state index contributed by atoms with van der Waals surface area (Å²) >= 11 is 8.19. The Morgan fingerprint density at radius 3 is 2.65 bits per heavy atom. The summed E-state index contributed by atoms with van der Waals surface area (Å²) in [5.41, 5.74) is 2.49. The number of thioether (sulfide) groups is 1. The minimum atomic E-state index is -0.569. The van der Waals surface area contributed by atoms with Gasteiger partial charge in [-0.05, 0) is 57.4 Å². The molecule has 1 aliphatic carbocycles. The maximum atomic E-state index is 13.4. The number of carbonyl (C=O) groups excluding carboxylic acids is 1. The van der Waals surface area contributed by atoms with Crippen molar-refractivity contribution in [1.82, 2.24) is 4.57 Å². The van der Waals surface area contributed by atoms with E-state index in [0.29, 0.717) is 24.0 Å². The highest BCUT2D eigenvalue weighted by Crippen LogP contribution is 2.52. The smallest absolute Gasteiger partial charge is 0.344 e. The Kier molecular flexibility index (Phi) is 6.37. The number of aromatic nitrogens is 1. The molecule has 0 bridgehead atoms. The lowest BCUT2D eigenvalue weighted by molar-refractivity contribution is 0.0375. The molecule has 0 N–H and O–H groups in total. The third kappa shape index (κ3) is 4.36. The average Bonchev–Trinajstić information content (AvgIpc) is 3.53. The van der Waals surface area contributed by atoms with Crippen molar-refractivity contribution < 1.29 is 19.0 Å². The van der Waals surface area contributed by atoms with E-state index in [9.17, 15) is 9.59 Å². The molecule has 0 spiro atoms. The van der Waals surface area contributed by atoms with Crippen LogP contribution in [-0.4, -0.2) is 37.0 Å². The summed E-state index contributed by atoms with van der Waals surface area (Å²) in [6, 6.07) is 5.59. The van der Waals surface area contributed by atoms with Gasteiger partial charge in [0.05, 0.1) is 23.4 Å². The normalized spacial score (nSPS) is 17.3. The Morgan fingerprint density at radius 2 is 2.00 bits per heavy atom. The number of hydrogen-bond acceptors (Lipinski definition) is 6. The van der Waals surface area contributed by atoms with Crippen molar-refractivity contribution in [1.29, 1.82) is 0 Å². The fourth-order valence-corrected chi connectivity index (χ4v) is 5.14. The number of esters is 1. The van der Waals surface area contributed by atoms with Gasteiger partial charge in [0.25, 0.3) is 5.56 Å². The number of nitrogens with zero attached hydrogens (tertiary/aromatic N) is 1. The number of rotatable bonds is 7. The van der Waals surface area contributed by atoms with E-state index in [1.165, 1.54) is 0 Å². The van der Waals surface area contributed by atoms with Crippen molar-refractivity contribution >= 4 is 29.3 Å². The fourth-order valence-electron chi connectivity index (χ4n) is 3.77. The Balaban J connectivity index is 1.86. The van der Waals surface area contributed by atoms with Gasteiger partial charge in [0, 0.05) is 28.9 Å². The minimum absolute atomic E-state index is 0.0479. The van der Waals surface area contributed by atoms with Crippen LogP contribution in [0.1, 0.15) is 60.8 Å². The molecule has 2 aliphatic rings. The van der Waals surface area contributed by atoms with Crippen molar-refractivity contribution in [3.63, 3.8) is 0 Å². The van der Waals surface area contributed by atoms with Crippen LogP contribution in [0.5, 0.6) is 5.75 Å². The van der Waals surface area contributed by atoms with Crippen LogP contribution in [0.3, 0.4) is 0 Å². The second-order valence-corrected chi connectivity index (χ2v) is 9.89. The Labute approximate surface area is 190 Å². The van der Waals surface area contributed by atoms with Crippen molar-refractivity contribution in [2.75, 3.05) is 20.3 Å². The summed E-state index contributed by atoms with van der Waals surface area (Å²) in [5, 5.41) is 0.528. The summed E-state index contributed by atoms with van der Waals surface area (Å²) < 4.78 is 17.9. The molecule has 1 unspecified atom stereocenters. The molecular formula is C23H26ClNO5S. The predicted molar refractivity (Wildman–Crippen MR) is 122 cm³/mol. The molecule has 2 heterocycles. The molecule has 31 heavy (non-hydrogen) atoms. The quantitative estimate of drug-likeness (QED) is 0.412. The van der Waals surface area contributed by atoms with E-state index >= 15 is 0 Å². The molecule has 0 amide bonds. The SMILES string of the molecule is COCCOc1cc2c(cc1Cl)-c1c(cc(C(=O)OC(C)C)c(=O)n1C1CC1)C(C)S2. The van der Waals surface area contributed by atoms with E-state index in [1.54, 1.807) is 43.4 Å². The topological polar surface area (TPSA) is 66.8 Å². The van der Waals surface area contributed by atoms with Gasteiger partial charge in [-0.3, -0.25) is 4.79 Å². The molecule has 1 aromatic carbocycles. The molecule has 4 rings (SSSR count). The number of carbonyl (C=O) groups is 1. The van der Waals surface area contributed by atoms with Crippen molar-refractivity contribution in [3.8, 4) is 17.0 Å². The molecule has 0 saturated heterocycles. The summed E-state index contributed by atoms with van der Waals surface area (Å²) in [6.45, 7) is 6.50. The third-order valence-corrected chi connectivity index (χ3v) is 6.81. The first-order valence-corrected chi connectivity index (χ1v) is 11.7. The number of halogens is 1. The third-order valence-electron chi connectivity index (χ3n) is 5.31. The summed E-state index contributed by atoms with van der Waals surface area (Å²) in [6.07, 6.45) is 1.54. The lowest BCUT2D eigenvalue weighted by Gasteiger charge is -2.29. The van der Waals surface area contributed by atoms with Crippen LogP contribution in [0, 0.1) is 0 Å². The van der Waals surface area contributed by atoms with Crippen LogP contribution in [0.15, 0.2) is 27.9 Å². The van der Waals surface area contributed by atoms with E-state index in [4.69, 9.17) is 25.8 Å². The lowest BCUT2D eigenvalue weighted by Crippen LogP contribution is -2.31. The summed E-state index contributed by atoms with van der Waals surface area (Å²) in [5.74, 6) is 0.0261. The van der Waals surface area contributed by atoms with Gasteiger partial charge < -0.3 is 18.8 Å². The molecule has 0 radical (unpaired) electrons. The van der Waals surface area contributed by atoms with Crippen molar-refractivity contribution in [2.24, 2.45) is 0 Å². The zero-order chi connectivity index (χ0) is 22.3. The van der Waals surface area contributed by atoms with Gasteiger partial charge in [0.2, 0.25) is 0 Å². The second-order valence-electron chi connectivity index (χ2n) is 8.10. The van der Waals surface area contributed by atoms with Gasteiger partial charge in [-0.2, -0.15) is 0 Å². The van der Waals surface area contributed by atoms with Gasteiger partial charge in [-0.1, -0.05) is 11.6 Å². The molecule has 1 fully saturated rings. The van der Waals surface area contributed by atoms with E-state index in [2.05, 4.69) is 6.92 Å². The van der Waals surface area contributed by atoms with E-state index in [-0.39, 0.29) is 28.5 Å². The van der Waals surface area contributed by atoms with Gasteiger partial charge in [-0.15, -0.1) is 11.8 Å². The van der Waals surface area contributed by atoms with E-state index in [1.807, 2.05) is 12.1 Å². The van der Waals surface area contributed by atoms with Crippen molar-refractivity contribution in [2.45, 2.75) is 55.9 Å². The first-order chi connectivity index (χ1) is 14.8. The molecule has 1 atom stereocenters. The molecule has 1 aromatic heterocycles. The highest BCUT2D eigenvalue weighted by molar-refractivity contribution is 7.99. The fraction of sp³-hybridized carbons (Fsp3) is 0.478. The Hall–Kier alpha value is -1.96. The lowest BCUT2D eigenvalue weighted by atomic mass is 9.99. The monoisotopic (exact) mass is 463 g/mol. The van der Waals surface area contributed by atoms with E-state index in [0.717, 1.165) is 34.6 Å². The van der Waals surface area contributed by atoms with Crippen LogP contribution < -0.4 is 10.3 Å². The zero-order valence-electron chi connectivity index (χ0n) is 18.1. The molecule has 8 heteroatoms. The second kappa shape index (κ2) is 8.88. The van der Waals surface area contributed by atoms with E-state index < -0.39 is 5.97 Å². The Morgan fingerprint density at radius 1 is 1.26 bits per heavy atom. The summed E-state index contributed by atoms with van der Waals surface area (Å²) in [7, 11) is 1.62. The molecule has 1 aliphatic heterocycles. The highest BCUT2D eigenvalue weighted by Gasteiger charge is 2.35. The number of benzene rings is 1. The first kappa shape index (κ1) is 22.2. The summed E-state index contributed by atoms with van der Waals surface area (Å²) in [4.78, 5) is 27.0. The van der Waals surface area contributed by atoms with Gasteiger partial charge in [0.15, 0.2) is 0 Å². The van der Waals surface area contributed by atoms with Crippen LogP contribution in [0.25, 0.3) is 11.3 Å². The standard InChI is InChI=1S/C23H26ClNO5S/c1-12(2)30-23(27)17-9-15-13(3)31-20-11-19(29-8-7-28-4)18(24)10-16(20)21(15)25(22(17)26)14-5-6-14/h9-14H,5-8H2,1-4H3. The molecule has 166 valence electrons. The number of hydrogen-bond donors (Lipinski definition) is 0. The maximum Gasteiger partial charge on any atom is 0.344 e. The van der Waals surface area contributed by atoms with Gasteiger partial charge in [-0.25, -0.2) is 4.79 Å². The molecule has 6 nitrogen and oxygen atoms in total. The number of fused-ring (bicyclic) bond motifs is 3. The average molecular weight is 464 g/mol. The van der Waals surface area contributed by atoms with Gasteiger partial charge >= 0.3 is 5.97 Å². The highest BCUT2D eigenvalue weighted by atomic mass is 35.5. The van der Waals surface area contributed by atoms with Gasteiger partial charge in [0.1, 0.15) is 17.9 Å². The first-order valence-electron chi connectivity index (χ1n) is 10.4. The molecular weight excluding hydrogens is 438 g/mol. The van der Waals surface area contributed by atoms with Crippen molar-refractivity contribution in [3.05, 3.63) is 44.7 Å².